The number of benzene rings is 2. The van der Waals surface area contributed by atoms with Gasteiger partial charge in [-0.2, -0.15) is 0 Å². The Labute approximate surface area is 140 Å². The van der Waals surface area contributed by atoms with Crippen molar-refractivity contribution < 1.29 is 9.90 Å². The number of para-hydroxylation sites is 2. The summed E-state index contributed by atoms with van der Waals surface area (Å²) in [5.41, 5.74) is 3.03. The summed E-state index contributed by atoms with van der Waals surface area (Å²) < 4.78 is 0. The zero-order chi connectivity index (χ0) is 16.9. The van der Waals surface area contributed by atoms with Crippen LogP contribution in [0.1, 0.15) is 18.4 Å². The number of aromatic nitrogens is 2. The van der Waals surface area contributed by atoms with Gasteiger partial charge in [-0.15, -0.1) is 0 Å². The topological polar surface area (TPSA) is 66.3 Å². The van der Waals surface area contributed by atoms with Gasteiger partial charge >= 0.3 is 5.97 Å². The molecule has 3 aromatic rings. The molecule has 0 aliphatic rings. The fourth-order valence-corrected chi connectivity index (χ4v) is 2.80. The van der Waals surface area contributed by atoms with E-state index in [1.165, 1.54) is 0 Å². The lowest BCUT2D eigenvalue weighted by Gasteiger charge is -2.26. The van der Waals surface area contributed by atoms with Crippen molar-refractivity contribution in [3.05, 3.63) is 60.4 Å². The summed E-state index contributed by atoms with van der Waals surface area (Å²) in [6.07, 6.45) is 2.23. The SMILES string of the molecule is Cc1ccccc1N(CCCC(=O)O)c1ncnc2ccccc12. The molecule has 0 radical (unpaired) electrons. The number of carbonyl (C=O) groups is 1. The Bertz CT molecular complexity index is 859. The van der Waals surface area contributed by atoms with E-state index in [-0.39, 0.29) is 6.42 Å². The summed E-state index contributed by atoms with van der Waals surface area (Å²) in [7, 11) is 0. The smallest absolute Gasteiger partial charge is 0.303 e. The number of hydrogen-bond acceptors (Lipinski definition) is 4. The first-order valence-corrected chi connectivity index (χ1v) is 7.91. The number of hydrogen-bond donors (Lipinski definition) is 1. The zero-order valence-electron chi connectivity index (χ0n) is 13.5. The summed E-state index contributed by atoms with van der Waals surface area (Å²) in [6, 6.07) is 15.9. The zero-order valence-corrected chi connectivity index (χ0v) is 13.5. The van der Waals surface area contributed by atoms with Crippen molar-refractivity contribution in [2.45, 2.75) is 19.8 Å². The van der Waals surface area contributed by atoms with Gasteiger partial charge in [0.2, 0.25) is 0 Å². The van der Waals surface area contributed by atoms with Crippen LogP contribution in [-0.4, -0.2) is 27.6 Å². The van der Waals surface area contributed by atoms with Gasteiger partial charge in [0.1, 0.15) is 12.1 Å². The van der Waals surface area contributed by atoms with Crippen LogP contribution in [0.5, 0.6) is 0 Å². The molecule has 0 amide bonds. The minimum Gasteiger partial charge on any atom is -0.481 e. The van der Waals surface area contributed by atoms with Gasteiger partial charge in [0.25, 0.3) is 0 Å². The number of aryl methyl sites for hydroxylation is 1. The van der Waals surface area contributed by atoms with Crippen LogP contribution < -0.4 is 4.90 Å². The first-order valence-electron chi connectivity index (χ1n) is 7.91. The maximum Gasteiger partial charge on any atom is 0.303 e. The van der Waals surface area contributed by atoms with Crippen LogP contribution in [0.15, 0.2) is 54.9 Å². The molecule has 0 aliphatic carbocycles. The predicted octanol–water partition coefficient (Wildman–Crippen LogP) is 3.94. The van der Waals surface area contributed by atoms with E-state index in [2.05, 4.69) is 14.9 Å². The van der Waals surface area contributed by atoms with Crippen molar-refractivity contribution in [2.24, 2.45) is 0 Å². The van der Waals surface area contributed by atoms with E-state index in [4.69, 9.17) is 5.11 Å². The Kier molecular flexibility index (Phi) is 4.70. The van der Waals surface area contributed by atoms with E-state index in [1.54, 1.807) is 6.33 Å². The number of rotatable bonds is 6. The molecule has 122 valence electrons. The molecule has 0 fully saturated rings. The molecular formula is C19H19N3O2. The van der Waals surface area contributed by atoms with Crippen LogP contribution in [0.3, 0.4) is 0 Å². The molecule has 2 aromatic carbocycles. The average molecular weight is 321 g/mol. The number of carboxylic acid groups (broad SMARTS) is 1. The van der Waals surface area contributed by atoms with Crippen LogP contribution in [0.2, 0.25) is 0 Å². The maximum atomic E-state index is 10.9. The third kappa shape index (κ3) is 3.35. The lowest BCUT2D eigenvalue weighted by Crippen LogP contribution is -2.21. The molecule has 0 spiro atoms. The van der Waals surface area contributed by atoms with Crippen LogP contribution in [-0.2, 0) is 4.79 Å². The highest BCUT2D eigenvalue weighted by molar-refractivity contribution is 5.91. The first-order chi connectivity index (χ1) is 11.7. The van der Waals surface area contributed by atoms with Crippen molar-refractivity contribution in [3.8, 4) is 0 Å². The van der Waals surface area contributed by atoms with Crippen LogP contribution in [0, 0.1) is 6.92 Å². The third-order valence-corrected chi connectivity index (χ3v) is 3.96. The van der Waals surface area contributed by atoms with Gasteiger partial charge in [0.05, 0.1) is 5.52 Å². The normalized spacial score (nSPS) is 10.7. The van der Waals surface area contributed by atoms with E-state index in [0.29, 0.717) is 13.0 Å². The van der Waals surface area contributed by atoms with E-state index >= 15 is 0 Å². The van der Waals surface area contributed by atoms with Crippen molar-refractivity contribution in [3.63, 3.8) is 0 Å². The first kappa shape index (κ1) is 15.9. The van der Waals surface area contributed by atoms with Gasteiger partial charge in [-0.25, -0.2) is 9.97 Å². The van der Waals surface area contributed by atoms with Crippen LogP contribution in [0.4, 0.5) is 11.5 Å². The highest BCUT2D eigenvalue weighted by atomic mass is 16.4. The standard InChI is InChI=1S/C19H19N3O2/c1-14-7-2-5-10-17(14)22(12-6-11-18(23)24)19-15-8-3-4-9-16(15)20-13-21-19/h2-5,7-10,13H,6,11-12H2,1H3,(H,23,24). The average Bonchev–Trinajstić information content (AvgIpc) is 2.59. The molecular weight excluding hydrogens is 302 g/mol. The molecule has 1 heterocycles. The Balaban J connectivity index is 2.06. The largest absolute Gasteiger partial charge is 0.481 e. The second-order valence-corrected chi connectivity index (χ2v) is 5.65. The quantitative estimate of drug-likeness (QED) is 0.745. The molecule has 1 N–H and O–H groups in total. The minimum absolute atomic E-state index is 0.130. The summed E-state index contributed by atoms with van der Waals surface area (Å²) >= 11 is 0. The maximum absolute atomic E-state index is 10.9. The second-order valence-electron chi connectivity index (χ2n) is 5.65. The summed E-state index contributed by atoms with van der Waals surface area (Å²) in [5.74, 6) is 0.0209. The Morgan fingerprint density at radius 3 is 2.62 bits per heavy atom. The molecule has 0 saturated heterocycles. The number of carboxylic acids is 1. The molecule has 0 atom stereocenters. The van der Waals surface area contributed by atoms with Crippen molar-refractivity contribution in [1.82, 2.24) is 9.97 Å². The molecule has 3 rings (SSSR count). The minimum atomic E-state index is -0.785. The Morgan fingerprint density at radius 1 is 1.08 bits per heavy atom. The van der Waals surface area contributed by atoms with Crippen molar-refractivity contribution in [2.75, 3.05) is 11.4 Å². The Morgan fingerprint density at radius 2 is 1.83 bits per heavy atom. The molecule has 5 nitrogen and oxygen atoms in total. The van der Waals surface area contributed by atoms with E-state index < -0.39 is 5.97 Å². The van der Waals surface area contributed by atoms with Gasteiger partial charge in [-0.3, -0.25) is 4.79 Å². The fraction of sp³-hybridized carbons (Fsp3) is 0.211. The lowest BCUT2D eigenvalue weighted by atomic mass is 10.1. The molecule has 0 unspecified atom stereocenters. The number of anilines is 2. The fourth-order valence-electron chi connectivity index (χ4n) is 2.80. The lowest BCUT2D eigenvalue weighted by molar-refractivity contribution is -0.137. The van der Waals surface area contributed by atoms with Crippen molar-refractivity contribution in [1.29, 1.82) is 0 Å². The van der Waals surface area contributed by atoms with Crippen LogP contribution >= 0.6 is 0 Å². The molecule has 0 aliphatic heterocycles. The van der Waals surface area contributed by atoms with Crippen molar-refractivity contribution >= 4 is 28.4 Å². The third-order valence-electron chi connectivity index (χ3n) is 3.96. The second kappa shape index (κ2) is 7.08. The number of fused-ring (bicyclic) bond motifs is 1. The molecule has 24 heavy (non-hydrogen) atoms. The molecule has 0 bridgehead atoms. The van der Waals surface area contributed by atoms with E-state index in [0.717, 1.165) is 28.0 Å². The highest BCUT2D eigenvalue weighted by Crippen LogP contribution is 2.31. The molecule has 0 saturated carbocycles. The Hall–Kier alpha value is -2.95. The molecule has 5 heteroatoms. The summed E-state index contributed by atoms with van der Waals surface area (Å²) in [6.45, 7) is 2.63. The number of aliphatic carboxylic acids is 1. The predicted molar refractivity (Wildman–Crippen MR) is 94.6 cm³/mol. The summed E-state index contributed by atoms with van der Waals surface area (Å²) in [4.78, 5) is 21.8. The number of nitrogens with zero attached hydrogens (tertiary/aromatic N) is 3. The monoisotopic (exact) mass is 321 g/mol. The highest BCUT2D eigenvalue weighted by Gasteiger charge is 2.16. The van der Waals surface area contributed by atoms with Gasteiger partial charge < -0.3 is 10.0 Å². The van der Waals surface area contributed by atoms with E-state index in [1.807, 2.05) is 55.5 Å². The van der Waals surface area contributed by atoms with Gasteiger partial charge in [-0.05, 0) is 37.1 Å². The van der Waals surface area contributed by atoms with Gasteiger partial charge in [0.15, 0.2) is 0 Å². The van der Waals surface area contributed by atoms with Crippen LogP contribution in [0.25, 0.3) is 10.9 Å². The van der Waals surface area contributed by atoms with E-state index in [9.17, 15) is 4.79 Å². The summed E-state index contributed by atoms with van der Waals surface area (Å²) in [5, 5.41) is 9.91. The van der Waals surface area contributed by atoms with Gasteiger partial charge in [0, 0.05) is 24.0 Å². The molecule has 1 aromatic heterocycles. The van der Waals surface area contributed by atoms with Gasteiger partial charge in [-0.1, -0.05) is 30.3 Å².